The summed E-state index contributed by atoms with van der Waals surface area (Å²) in [5.74, 6) is 0.657. The van der Waals surface area contributed by atoms with Crippen LogP contribution in [0.25, 0.3) is 0 Å². The quantitative estimate of drug-likeness (QED) is 0.720. The van der Waals surface area contributed by atoms with Gasteiger partial charge in [-0.2, -0.15) is 0 Å². The summed E-state index contributed by atoms with van der Waals surface area (Å²) in [5, 5.41) is 9.29. The average Bonchev–Trinajstić information content (AvgIpc) is 2.50. The van der Waals surface area contributed by atoms with Gasteiger partial charge in [-0.25, -0.2) is 0 Å². The summed E-state index contributed by atoms with van der Waals surface area (Å²) in [5.41, 5.74) is 5.97. The zero-order valence-corrected chi connectivity index (χ0v) is 11.0. The minimum Gasteiger partial charge on any atom is -0.395 e. The SMILES string of the molecule is NCC1CCCCCC1N(CCO)C1CCC1. The lowest BCUT2D eigenvalue weighted by atomic mass is 9.86. The zero-order valence-electron chi connectivity index (χ0n) is 11.0. The summed E-state index contributed by atoms with van der Waals surface area (Å²) in [6.07, 6.45) is 10.7. The lowest BCUT2D eigenvalue weighted by Gasteiger charge is -2.44. The predicted molar refractivity (Wildman–Crippen MR) is 70.8 cm³/mol. The molecule has 0 heterocycles. The molecule has 3 nitrogen and oxygen atoms in total. The molecule has 2 atom stereocenters. The van der Waals surface area contributed by atoms with Crippen LogP contribution in [0.1, 0.15) is 51.4 Å². The lowest BCUT2D eigenvalue weighted by Crippen LogP contribution is -2.51. The van der Waals surface area contributed by atoms with E-state index in [1.54, 1.807) is 0 Å². The van der Waals surface area contributed by atoms with E-state index in [2.05, 4.69) is 4.90 Å². The summed E-state index contributed by atoms with van der Waals surface area (Å²) in [6, 6.07) is 1.37. The van der Waals surface area contributed by atoms with Gasteiger partial charge in [-0.05, 0) is 38.1 Å². The molecule has 2 aliphatic rings. The molecule has 2 fully saturated rings. The molecule has 3 heteroatoms. The Labute approximate surface area is 105 Å². The third-order valence-corrected chi connectivity index (χ3v) is 4.75. The molecule has 0 bridgehead atoms. The van der Waals surface area contributed by atoms with Gasteiger partial charge in [0.2, 0.25) is 0 Å². The number of rotatable bonds is 5. The topological polar surface area (TPSA) is 49.5 Å². The zero-order chi connectivity index (χ0) is 12.1. The minimum absolute atomic E-state index is 0.296. The first-order chi connectivity index (χ1) is 8.36. The Balaban J connectivity index is 2.01. The summed E-state index contributed by atoms with van der Waals surface area (Å²) in [7, 11) is 0. The summed E-state index contributed by atoms with van der Waals surface area (Å²) < 4.78 is 0. The van der Waals surface area contributed by atoms with E-state index in [-0.39, 0.29) is 0 Å². The Kier molecular flexibility index (Phi) is 5.26. The first-order valence-electron chi connectivity index (χ1n) is 7.43. The molecule has 0 spiro atoms. The Bertz CT molecular complexity index is 218. The Morgan fingerprint density at radius 2 is 1.76 bits per heavy atom. The van der Waals surface area contributed by atoms with E-state index in [1.165, 1.54) is 51.4 Å². The van der Waals surface area contributed by atoms with E-state index in [4.69, 9.17) is 5.73 Å². The molecule has 2 rings (SSSR count). The average molecular weight is 240 g/mol. The van der Waals surface area contributed by atoms with Crippen LogP contribution >= 0.6 is 0 Å². The molecule has 2 saturated carbocycles. The molecular weight excluding hydrogens is 212 g/mol. The van der Waals surface area contributed by atoms with Crippen LogP contribution in [0.3, 0.4) is 0 Å². The number of nitrogens with two attached hydrogens (primary N) is 1. The van der Waals surface area contributed by atoms with Crippen molar-refractivity contribution in [2.45, 2.75) is 63.5 Å². The van der Waals surface area contributed by atoms with E-state index in [1.807, 2.05) is 0 Å². The van der Waals surface area contributed by atoms with E-state index in [0.717, 1.165) is 19.1 Å². The smallest absolute Gasteiger partial charge is 0.0558 e. The van der Waals surface area contributed by atoms with Gasteiger partial charge in [0.1, 0.15) is 0 Å². The number of aliphatic hydroxyl groups excluding tert-OH is 1. The standard InChI is InChI=1S/C14H28N2O/c15-11-12-5-2-1-3-8-14(12)16(9-10-17)13-6-4-7-13/h12-14,17H,1-11,15H2. The second-order valence-electron chi connectivity index (χ2n) is 5.75. The number of hydrogen-bond donors (Lipinski definition) is 2. The van der Waals surface area contributed by atoms with Crippen molar-refractivity contribution in [1.29, 1.82) is 0 Å². The molecule has 0 amide bonds. The highest BCUT2D eigenvalue weighted by Gasteiger charge is 2.34. The molecule has 3 N–H and O–H groups in total. The van der Waals surface area contributed by atoms with Crippen LogP contribution in [0.15, 0.2) is 0 Å². The fourth-order valence-electron chi connectivity index (χ4n) is 3.53. The molecule has 0 aromatic heterocycles. The van der Waals surface area contributed by atoms with Gasteiger partial charge in [0.05, 0.1) is 6.61 Å². The fourth-order valence-corrected chi connectivity index (χ4v) is 3.53. The van der Waals surface area contributed by atoms with Crippen LogP contribution in [0.5, 0.6) is 0 Å². The number of nitrogens with zero attached hydrogens (tertiary/aromatic N) is 1. The Morgan fingerprint density at radius 3 is 2.35 bits per heavy atom. The van der Waals surface area contributed by atoms with Crippen molar-refractivity contribution in [2.75, 3.05) is 19.7 Å². The lowest BCUT2D eigenvalue weighted by molar-refractivity contribution is 0.0319. The first kappa shape index (κ1) is 13.3. The van der Waals surface area contributed by atoms with Gasteiger partial charge < -0.3 is 10.8 Å². The molecule has 0 aliphatic heterocycles. The first-order valence-corrected chi connectivity index (χ1v) is 7.43. The molecular formula is C14H28N2O. The summed E-state index contributed by atoms with van der Waals surface area (Å²) in [6.45, 7) is 1.97. The van der Waals surface area contributed by atoms with Crippen LogP contribution < -0.4 is 5.73 Å². The largest absolute Gasteiger partial charge is 0.395 e. The van der Waals surface area contributed by atoms with E-state index >= 15 is 0 Å². The maximum atomic E-state index is 9.29. The maximum absolute atomic E-state index is 9.29. The third kappa shape index (κ3) is 3.21. The predicted octanol–water partition coefficient (Wildman–Crippen LogP) is 1.74. The highest BCUT2D eigenvalue weighted by atomic mass is 16.3. The number of hydrogen-bond acceptors (Lipinski definition) is 3. The van der Waals surface area contributed by atoms with Gasteiger partial charge in [-0.3, -0.25) is 4.90 Å². The maximum Gasteiger partial charge on any atom is 0.0558 e. The van der Waals surface area contributed by atoms with Gasteiger partial charge in [0.25, 0.3) is 0 Å². The number of aliphatic hydroxyl groups is 1. The van der Waals surface area contributed by atoms with Crippen molar-refractivity contribution < 1.29 is 5.11 Å². The van der Waals surface area contributed by atoms with Crippen molar-refractivity contribution in [1.82, 2.24) is 4.90 Å². The van der Waals surface area contributed by atoms with Crippen LogP contribution in [-0.4, -0.2) is 41.8 Å². The Hall–Kier alpha value is -0.120. The van der Waals surface area contributed by atoms with Gasteiger partial charge in [-0.15, -0.1) is 0 Å². The molecule has 2 aliphatic carbocycles. The molecule has 0 aromatic rings. The van der Waals surface area contributed by atoms with Crippen molar-refractivity contribution in [2.24, 2.45) is 11.7 Å². The van der Waals surface area contributed by atoms with Gasteiger partial charge in [0, 0.05) is 18.6 Å². The fraction of sp³-hybridized carbons (Fsp3) is 1.00. The van der Waals surface area contributed by atoms with Crippen LogP contribution in [0.4, 0.5) is 0 Å². The summed E-state index contributed by atoms with van der Waals surface area (Å²) in [4.78, 5) is 2.59. The summed E-state index contributed by atoms with van der Waals surface area (Å²) >= 11 is 0. The monoisotopic (exact) mass is 240 g/mol. The van der Waals surface area contributed by atoms with Gasteiger partial charge >= 0.3 is 0 Å². The molecule has 17 heavy (non-hydrogen) atoms. The second kappa shape index (κ2) is 6.72. The molecule has 0 saturated heterocycles. The molecule has 100 valence electrons. The van der Waals surface area contributed by atoms with E-state index in [0.29, 0.717) is 18.6 Å². The second-order valence-corrected chi connectivity index (χ2v) is 5.75. The normalized spacial score (nSPS) is 31.2. The van der Waals surface area contributed by atoms with E-state index < -0.39 is 0 Å². The molecule has 0 radical (unpaired) electrons. The molecule has 2 unspecified atom stereocenters. The highest BCUT2D eigenvalue weighted by Crippen LogP contribution is 2.33. The van der Waals surface area contributed by atoms with Crippen LogP contribution in [-0.2, 0) is 0 Å². The Morgan fingerprint density at radius 1 is 1.00 bits per heavy atom. The highest BCUT2D eigenvalue weighted by molar-refractivity contribution is 4.89. The van der Waals surface area contributed by atoms with Crippen LogP contribution in [0.2, 0.25) is 0 Å². The van der Waals surface area contributed by atoms with Gasteiger partial charge in [0.15, 0.2) is 0 Å². The van der Waals surface area contributed by atoms with Crippen molar-refractivity contribution >= 4 is 0 Å². The van der Waals surface area contributed by atoms with Crippen LogP contribution in [0, 0.1) is 5.92 Å². The van der Waals surface area contributed by atoms with Crippen molar-refractivity contribution in [3.05, 3.63) is 0 Å². The van der Waals surface area contributed by atoms with Crippen molar-refractivity contribution in [3.63, 3.8) is 0 Å². The minimum atomic E-state index is 0.296. The third-order valence-electron chi connectivity index (χ3n) is 4.75. The van der Waals surface area contributed by atoms with Gasteiger partial charge in [-0.1, -0.05) is 25.7 Å². The molecule has 0 aromatic carbocycles. The van der Waals surface area contributed by atoms with E-state index in [9.17, 15) is 5.11 Å². The van der Waals surface area contributed by atoms with Crippen molar-refractivity contribution in [3.8, 4) is 0 Å².